The molecule has 0 aliphatic rings. The number of aromatic nitrogens is 2. The average molecular weight is 515 g/mol. The average Bonchev–Trinajstić information content (AvgIpc) is 3.13. The van der Waals surface area contributed by atoms with Gasteiger partial charge in [0, 0.05) is 39.0 Å². The first kappa shape index (κ1) is 26.6. The Morgan fingerprint density at radius 1 is 1.16 bits per heavy atom. The number of rotatable bonds is 10. The lowest BCUT2D eigenvalue weighted by Gasteiger charge is -2.22. The summed E-state index contributed by atoms with van der Waals surface area (Å²) in [7, 11) is 0. The van der Waals surface area contributed by atoms with Crippen molar-refractivity contribution in [1.29, 1.82) is 0 Å². The number of benzene rings is 2. The van der Waals surface area contributed by atoms with Crippen LogP contribution in [0.1, 0.15) is 49.2 Å². The number of aryl methyl sites for hydroxylation is 1. The van der Waals surface area contributed by atoms with Gasteiger partial charge in [-0.15, -0.1) is 18.3 Å². The molecule has 2 heterocycles. The van der Waals surface area contributed by atoms with Gasteiger partial charge in [-0.05, 0) is 48.7 Å². The zero-order valence-corrected chi connectivity index (χ0v) is 22.7. The molecule has 2 aromatic heterocycles. The van der Waals surface area contributed by atoms with Crippen LogP contribution < -0.4 is 4.74 Å². The van der Waals surface area contributed by atoms with Crippen LogP contribution in [0.5, 0.6) is 5.75 Å². The van der Waals surface area contributed by atoms with Crippen LogP contribution in [0.4, 0.5) is 0 Å². The predicted molar refractivity (Wildman–Crippen MR) is 152 cm³/mol. The normalized spacial score (nSPS) is 12.4. The van der Waals surface area contributed by atoms with Crippen LogP contribution in [0, 0.1) is 6.92 Å². The lowest BCUT2D eigenvalue weighted by atomic mass is 9.96. The van der Waals surface area contributed by atoms with E-state index < -0.39 is 11.9 Å². The maximum atomic E-state index is 12.7. The second kappa shape index (κ2) is 11.3. The summed E-state index contributed by atoms with van der Waals surface area (Å²) >= 11 is 1.70. The summed E-state index contributed by atoms with van der Waals surface area (Å²) < 4.78 is 8.10. The fourth-order valence-corrected chi connectivity index (χ4v) is 5.63. The van der Waals surface area contributed by atoms with Crippen LogP contribution in [0.2, 0.25) is 0 Å². The van der Waals surface area contributed by atoms with Crippen LogP contribution >= 0.6 is 11.8 Å². The first-order valence-corrected chi connectivity index (χ1v) is 13.2. The summed E-state index contributed by atoms with van der Waals surface area (Å²) in [6.07, 6.45) is 4.06. The summed E-state index contributed by atoms with van der Waals surface area (Å²) in [6, 6.07) is 19.8. The molecule has 2 aromatic carbocycles. The van der Waals surface area contributed by atoms with E-state index in [0.717, 1.165) is 44.1 Å². The Bertz CT molecular complexity index is 1390. The zero-order chi connectivity index (χ0) is 26.6. The molecule has 0 aliphatic carbocycles. The lowest BCUT2D eigenvalue weighted by molar-refractivity contribution is -0.139. The van der Waals surface area contributed by atoms with E-state index in [1.807, 2.05) is 79.9 Å². The molecule has 1 N–H and O–H groups in total. The van der Waals surface area contributed by atoms with E-state index >= 15 is 0 Å². The number of hydrogen-bond donors (Lipinski definition) is 1. The molecule has 0 fully saturated rings. The van der Waals surface area contributed by atoms with Gasteiger partial charge in [0.1, 0.15) is 18.3 Å². The summed E-state index contributed by atoms with van der Waals surface area (Å²) in [5.74, 6) is -0.821. The number of thioether (sulfide) groups is 1. The fraction of sp³-hybridized carbons (Fsp3) is 0.290. The highest BCUT2D eigenvalue weighted by atomic mass is 32.2. The van der Waals surface area contributed by atoms with Crippen molar-refractivity contribution in [2.24, 2.45) is 0 Å². The maximum Gasteiger partial charge on any atom is 0.312 e. The van der Waals surface area contributed by atoms with Crippen LogP contribution in [0.3, 0.4) is 0 Å². The number of ether oxygens (including phenoxy) is 1. The SMILES string of the molecule is C=CCn1c(C(Cc2ccccc2)C(=O)O)c(SC(C)(C)C)c2cc(OCc3ccc(C)cn3)ccc21. The van der Waals surface area contributed by atoms with E-state index in [9.17, 15) is 9.90 Å². The fourth-order valence-electron chi connectivity index (χ4n) is 4.39. The van der Waals surface area contributed by atoms with Crippen LogP contribution in [-0.4, -0.2) is 25.4 Å². The predicted octanol–water partition coefficient (Wildman–Crippen LogP) is 7.41. The molecule has 0 bridgehead atoms. The third-order valence-corrected chi connectivity index (χ3v) is 7.26. The number of pyridine rings is 1. The minimum absolute atomic E-state index is 0.124. The minimum Gasteiger partial charge on any atom is -0.487 e. The molecule has 0 saturated heterocycles. The van der Waals surface area contributed by atoms with Crippen molar-refractivity contribution in [3.8, 4) is 5.75 Å². The van der Waals surface area contributed by atoms with Gasteiger partial charge in [-0.3, -0.25) is 9.78 Å². The molecular formula is C31H34N2O3S. The number of fused-ring (bicyclic) bond motifs is 1. The molecule has 0 amide bonds. The molecule has 5 nitrogen and oxygen atoms in total. The summed E-state index contributed by atoms with van der Waals surface area (Å²) in [6.45, 7) is 13.3. The molecule has 0 aliphatic heterocycles. The van der Waals surface area contributed by atoms with Gasteiger partial charge in [-0.1, -0.05) is 63.2 Å². The van der Waals surface area contributed by atoms with Crippen LogP contribution in [0.25, 0.3) is 10.9 Å². The number of carboxylic acids is 1. The van der Waals surface area contributed by atoms with Crippen LogP contribution in [-0.2, 0) is 24.4 Å². The molecule has 37 heavy (non-hydrogen) atoms. The van der Waals surface area contributed by atoms with Gasteiger partial charge in [-0.25, -0.2) is 0 Å². The topological polar surface area (TPSA) is 64.4 Å². The highest BCUT2D eigenvalue weighted by Crippen LogP contribution is 2.45. The molecule has 6 heteroatoms. The Balaban J connectivity index is 1.83. The summed E-state index contributed by atoms with van der Waals surface area (Å²) in [4.78, 5) is 18.1. The minimum atomic E-state index is -0.838. The van der Waals surface area contributed by atoms with E-state index in [0.29, 0.717) is 19.6 Å². The first-order valence-electron chi connectivity index (χ1n) is 12.4. The van der Waals surface area contributed by atoms with E-state index in [1.54, 1.807) is 11.8 Å². The Morgan fingerprint density at radius 2 is 1.92 bits per heavy atom. The Labute approximate surface area is 223 Å². The Morgan fingerprint density at radius 3 is 2.54 bits per heavy atom. The van der Waals surface area contributed by atoms with Crippen molar-refractivity contribution in [3.63, 3.8) is 0 Å². The Kier molecular flexibility index (Phi) is 8.08. The van der Waals surface area contributed by atoms with Crippen molar-refractivity contribution in [1.82, 2.24) is 9.55 Å². The molecule has 192 valence electrons. The van der Waals surface area contributed by atoms with Crippen molar-refractivity contribution in [2.45, 2.75) is 62.8 Å². The lowest BCUT2D eigenvalue weighted by Crippen LogP contribution is -2.20. The largest absolute Gasteiger partial charge is 0.487 e. The molecule has 0 saturated carbocycles. The molecule has 1 atom stereocenters. The van der Waals surface area contributed by atoms with Crippen molar-refractivity contribution < 1.29 is 14.6 Å². The monoisotopic (exact) mass is 514 g/mol. The second-order valence-corrected chi connectivity index (χ2v) is 12.0. The van der Waals surface area contributed by atoms with Gasteiger partial charge >= 0.3 is 5.97 Å². The molecule has 1 unspecified atom stereocenters. The Hall–Kier alpha value is -3.51. The number of carboxylic acid groups (broad SMARTS) is 1. The van der Waals surface area contributed by atoms with Gasteiger partial charge in [0.25, 0.3) is 0 Å². The molecule has 4 rings (SSSR count). The smallest absolute Gasteiger partial charge is 0.312 e. The number of hydrogen-bond acceptors (Lipinski definition) is 4. The van der Waals surface area contributed by atoms with Crippen LogP contribution in [0.15, 0.2) is 84.4 Å². The molecule has 4 aromatic rings. The second-order valence-electron chi connectivity index (χ2n) is 10.2. The van der Waals surface area contributed by atoms with Crippen molar-refractivity contribution in [3.05, 3.63) is 102 Å². The number of nitrogens with zero attached hydrogens (tertiary/aromatic N) is 2. The number of carbonyl (C=O) groups is 1. The van der Waals surface area contributed by atoms with E-state index in [-0.39, 0.29) is 4.75 Å². The number of aliphatic carboxylic acids is 1. The van der Waals surface area contributed by atoms with E-state index in [1.165, 1.54) is 0 Å². The number of allylic oxidation sites excluding steroid dienone is 1. The zero-order valence-electron chi connectivity index (χ0n) is 21.9. The molecule has 0 spiro atoms. The van der Waals surface area contributed by atoms with E-state index in [2.05, 4.69) is 36.9 Å². The standard InChI is InChI=1S/C31H34N2O3S/c1-6-16-33-27-15-14-24(36-20-23-13-12-21(2)19-32-23)18-25(27)29(37-31(3,4)5)28(33)26(30(34)35)17-22-10-8-7-9-11-22/h6-15,18-19,26H,1,16-17,20H2,2-5H3,(H,34,35). The maximum absolute atomic E-state index is 12.7. The quantitative estimate of drug-likeness (QED) is 0.176. The van der Waals surface area contributed by atoms with Gasteiger partial charge < -0.3 is 14.4 Å². The van der Waals surface area contributed by atoms with Gasteiger partial charge in [0.05, 0.1) is 5.69 Å². The van der Waals surface area contributed by atoms with Gasteiger partial charge in [-0.2, -0.15) is 0 Å². The van der Waals surface area contributed by atoms with E-state index in [4.69, 9.17) is 4.74 Å². The van der Waals surface area contributed by atoms with Gasteiger partial charge in [0.2, 0.25) is 0 Å². The highest BCUT2D eigenvalue weighted by molar-refractivity contribution is 8.00. The van der Waals surface area contributed by atoms with Crippen molar-refractivity contribution >= 4 is 28.6 Å². The molecule has 0 radical (unpaired) electrons. The third kappa shape index (κ3) is 6.44. The van der Waals surface area contributed by atoms with Gasteiger partial charge in [0.15, 0.2) is 0 Å². The highest BCUT2D eigenvalue weighted by Gasteiger charge is 2.31. The third-order valence-electron chi connectivity index (χ3n) is 6.02. The first-order chi connectivity index (χ1) is 17.7. The summed E-state index contributed by atoms with van der Waals surface area (Å²) in [5.41, 5.74) is 4.74. The molecular weight excluding hydrogens is 480 g/mol. The van der Waals surface area contributed by atoms with Crippen molar-refractivity contribution in [2.75, 3.05) is 0 Å². The summed E-state index contributed by atoms with van der Waals surface area (Å²) in [5, 5.41) is 11.4.